The Hall–Kier alpha value is -2.78. The number of aromatic nitrogens is 3. The number of nitrogens with two attached hydrogens (primary N) is 2. The maximum absolute atomic E-state index is 11.3. The molecule has 3 rings (SSSR count). The van der Waals surface area contributed by atoms with Crippen LogP contribution < -0.4 is 16.2 Å². The van der Waals surface area contributed by atoms with Gasteiger partial charge in [-0.1, -0.05) is 12.1 Å². The molecule has 0 saturated carbocycles. The van der Waals surface area contributed by atoms with E-state index in [1.807, 2.05) is 6.92 Å². The number of anilines is 2. The van der Waals surface area contributed by atoms with E-state index in [-0.39, 0.29) is 4.90 Å². The average Bonchev–Trinajstić information content (AvgIpc) is 2.54. The van der Waals surface area contributed by atoms with Crippen LogP contribution in [0.2, 0.25) is 0 Å². The van der Waals surface area contributed by atoms with E-state index >= 15 is 0 Å². The molecule has 1 aromatic carbocycles. The maximum Gasteiger partial charge on any atom is 0.238 e. The fourth-order valence-electron chi connectivity index (χ4n) is 2.43. The van der Waals surface area contributed by atoms with Crippen LogP contribution in [0.1, 0.15) is 11.3 Å². The smallest absolute Gasteiger partial charge is 0.238 e. The molecule has 0 spiro atoms. The molecule has 0 fully saturated rings. The first-order chi connectivity index (χ1) is 11.8. The zero-order valence-corrected chi connectivity index (χ0v) is 14.4. The summed E-state index contributed by atoms with van der Waals surface area (Å²) in [5.41, 5.74) is 9.49. The van der Waals surface area contributed by atoms with Crippen LogP contribution in [-0.4, -0.2) is 29.9 Å². The van der Waals surface area contributed by atoms with Crippen LogP contribution in [0.3, 0.4) is 0 Å². The molecule has 0 unspecified atom stereocenters. The molecule has 2 heterocycles. The van der Waals surface area contributed by atoms with Gasteiger partial charge >= 0.3 is 0 Å². The SMILES string of the molecule is Cc1cnc2c(NCCc3ccc(S(N)(=O)=O)cc3)cc(N)nc2n1. The quantitative estimate of drug-likeness (QED) is 0.623. The lowest BCUT2D eigenvalue weighted by Crippen LogP contribution is -2.12. The van der Waals surface area contributed by atoms with Gasteiger partial charge in [-0.3, -0.25) is 0 Å². The number of benzene rings is 1. The van der Waals surface area contributed by atoms with Crippen LogP contribution in [0, 0.1) is 6.92 Å². The summed E-state index contributed by atoms with van der Waals surface area (Å²) in [5.74, 6) is 0.368. The summed E-state index contributed by atoms with van der Waals surface area (Å²) in [5, 5.41) is 8.37. The molecule has 0 bridgehead atoms. The van der Waals surface area contributed by atoms with Crippen molar-refractivity contribution >= 4 is 32.7 Å². The normalized spacial score (nSPS) is 11.6. The predicted molar refractivity (Wildman–Crippen MR) is 96.5 cm³/mol. The highest BCUT2D eigenvalue weighted by Gasteiger charge is 2.08. The van der Waals surface area contributed by atoms with Crippen LogP contribution in [-0.2, 0) is 16.4 Å². The van der Waals surface area contributed by atoms with Crippen molar-refractivity contribution in [3.05, 3.63) is 47.8 Å². The fourth-order valence-corrected chi connectivity index (χ4v) is 2.94. The van der Waals surface area contributed by atoms with Crippen molar-refractivity contribution in [2.24, 2.45) is 5.14 Å². The van der Waals surface area contributed by atoms with Crippen LogP contribution in [0.15, 0.2) is 41.4 Å². The zero-order valence-electron chi connectivity index (χ0n) is 13.6. The van der Waals surface area contributed by atoms with E-state index in [0.717, 1.165) is 16.9 Å². The number of nitrogens with zero attached hydrogens (tertiary/aromatic N) is 3. The lowest BCUT2D eigenvalue weighted by atomic mass is 10.1. The number of hydrogen-bond acceptors (Lipinski definition) is 7. The molecule has 0 atom stereocenters. The van der Waals surface area contributed by atoms with Crippen LogP contribution in [0.25, 0.3) is 11.2 Å². The predicted octanol–water partition coefficient (Wildman–Crippen LogP) is 1.22. The molecule has 2 aromatic heterocycles. The monoisotopic (exact) mass is 358 g/mol. The van der Waals surface area contributed by atoms with E-state index in [4.69, 9.17) is 10.9 Å². The number of primary sulfonamides is 1. The summed E-state index contributed by atoms with van der Waals surface area (Å²) in [6, 6.07) is 8.20. The number of fused-ring (bicyclic) bond motifs is 1. The van der Waals surface area contributed by atoms with Gasteiger partial charge in [-0.05, 0) is 31.0 Å². The van der Waals surface area contributed by atoms with Crippen molar-refractivity contribution in [3.8, 4) is 0 Å². The highest BCUT2D eigenvalue weighted by molar-refractivity contribution is 7.89. The van der Waals surface area contributed by atoms with E-state index in [2.05, 4.69) is 20.3 Å². The molecule has 0 saturated heterocycles. The van der Waals surface area contributed by atoms with Gasteiger partial charge in [-0.15, -0.1) is 0 Å². The number of aryl methyl sites for hydroxylation is 1. The number of nitrogens with one attached hydrogen (secondary N) is 1. The van der Waals surface area contributed by atoms with Crippen molar-refractivity contribution in [1.29, 1.82) is 0 Å². The Bertz CT molecular complexity index is 1010. The first-order valence-electron chi connectivity index (χ1n) is 7.58. The van der Waals surface area contributed by atoms with Crippen molar-refractivity contribution in [2.75, 3.05) is 17.6 Å². The van der Waals surface area contributed by atoms with Gasteiger partial charge in [-0.25, -0.2) is 28.5 Å². The highest BCUT2D eigenvalue weighted by Crippen LogP contribution is 2.21. The Morgan fingerprint density at radius 2 is 1.88 bits per heavy atom. The molecule has 0 radical (unpaired) electrons. The molecule has 130 valence electrons. The van der Waals surface area contributed by atoms with Crippen molar-refractivity contribution in [2.45, 2.75) is 18.2 Å². The summed E-state index contributed by atoms with van der Waals surface area (Å²) in [6.45, 7) is 2.46. The average molecular weight is 358 g/mol. The largest absolute Gasteiger partial charge is 0.384 e. The minimum absolute atomic E-state index is 0.0998. The van der Waals surface area contributed by atoms with Crippen molar-refractivity contribution in [3.63, 3.8) is 0 Å². The summed E-state index contributed by atoms with van der Waals surface area (Å²) in [4.78, 5) is 13.0. The highest BCUT2D eigenvalue weighted by atomic mass is 32.2. The second kappa shape index (κ2) is 6.61. The topological polar surface area (TPSA) is 137 Å². The molecular weight excluding hydrogens is 340 g/mol. The molecule has 5 N–H and O–H groups in total. The van der Waals surface area contributed by atoms with Gasteiger partial charge in [0.15, 0.2) is 5.65 Å². The summed E-state index contributed by atoms with van der Waals surface area (Å²) in [6.07, 6.45) is 2.37. The van der Waals surface area contributed by atoms with Gasteiger partial charge in [0, 0.05) is 18.8 Å². The Morgan fingerprint density at radius 1 is 1.16 bits per heavy atom. The molecule has 0 aliphatic heterocycles. The minimum Gasteiger partial charge on any atom is -0.384 e. The fraction of sp³-hybridized carbons (Fsp3) is 0.188. The van der Waals surface area contributed by atoms with Gasteiger partial charge in [0.1, 0.15) is 11.3 Å². The molecule has 9 heteroatoms. The molecule has 0 aliphatic carbocycles. The van der Waals surface area contributed by atoms with E-state index in [0.29, 0.717) is 29.9 Å². The summed E-state index contributed by atoms with van der Waals surface area (Å²) < 4.78 is 22.5. The third-order valence-corrected chi connectivity index (χ3v) is 4.57. The van der Waals surface area contributed by atoms with E-state index in [9.17, 15) is 8.42 Å². The van der Waals surface area contributed by atoms with Crippen LogP contribution >= 0.6 is 0 Å². The van der Waals surface area contributed by atoms with E-state index in [1.54, 1.807) is 24.4 Å². The lowest BCUT2D eigenvalue weighted by molar-refractivity contribution is 0.598. The number of rotatable bonds is 5. The first-order valence-corrected chi connectivity index (χ1v) is 9.13. The van der Waals surface area contributed by atoms with E-state index in [1.165, 1.54) is 12.1 Å². The van der Waals surface area contributed by atoms with Crippen molar-refractivity contribution in [1.82, 2.24) is 15.0 Å². The summed E-state index contributed by atoms with van der Waals surface area (Å²) in [7, 11) is -3.67. The number of sulfonamides is 1. The third-order valence-electron chi connectivity index (χ3n) is 3.64. The molecule has 3 aromatic rings. The Balaban J connectivity index is 1.73. The lowest BCUT2D eigenvalue weighted by Gasteiger charge is -2.10. The Morgan fingerprint density at radius 3 is 2.56 bits per heavy atom. The first kappa shape index (κ1) is 17.1. The second-order valence-electron chi connectivity index (χ2n) is 5.64. The van der Waals surface area contributed by atoms with Crippen LogP contribution in [0.4, 0.5) is 11.5 Å². The molecular formula is C16H18N6O2S. The molecule has 8 nitrogen and oxygen atoms in total. The van der Waals surface area contributed by atoms with Gasteiger partial charge in [-0.2, -0.15) is 0 Å². The number of pyridine rings is 1. The maximum atomic E-state index is 11.3. The Kier molecular flexibility index (Phi) is 4.51. The minimum atomic E-state index is -3.67. The Labute approximate surface area is 145 Å². The zero-order chi connectivity index (χ0) is 18.0. The number of hydrogen-bond donors (Lipinski definition) is 3. The van der Waals surface area contributed by atoms with Gasteiger partial charge < -0.3 is 11.1 Å². The summed E-state index contributed by atoms with van der Waals surface area (Å²) >= 11 is 0. The van der Waals surface area contributed by atoms with Gasteiger partial charge in [0.25, 0.3) is 0 Å². The van der Waals surface area contributed by atoms with Crippen molar-refractivity contribution < 1.29 is 8.42 Å². The van der Waals surface area contributed by atoms with Crippen LogP contribution in [0.5, 0.6) is 0 Å². The molecule has 25 heavy (non-hydrogen) atoms. The molecule has 0 amide bonds. The second-order valence-corrected chi connectivity index (χ2v) is 7.21. The third kappa shape index (κ3) is 4.01. The van der Waals surface area contributed by atoms with Gasteiger partial charge in [0.05, 0.1) is 16.3 Å². The standard InChI is InChI=1S/C16H18N6O2S/c1-10-9-20-15-13(8-14(17)22-16(15)21-10)19-7-6-11-2-4-12(5-3-11)25(18,23)24/h2-5,8-9H,6-7H2,1H3,(H2,18,23,24)(H3,17,19,21,22). The van der Waals surface area contributed by atoms with Gasteiger partial charge in [0.2, 0.25) is 10.0 Å². The number of nitrogen functional groups attached to an aromatic ring is 1. The molecule has 0 aliphatic rings. The van der Waals surface area contributed by atoms with E-state index < -0.39 is 10.0 Å².